The van der Waals surface area contributed by atoms with E-state index in [1.54, 1.807) is 0 Å². The predicted octanol–water partition coefficient (Wildman–Crippen LogP) is 6.74. The van der Waals surface area contributed by atoms with Crippen LogP contribution in [-0.4, -0.2) is 60.4 Å². The summed E-state index contributed by atoms with van der Waals surface area (Å²) in [6.45, 7) is 2.02. The number of ether oxygens (including phenoxy) is 3. The molecule has 0 amide bonds. The van der Waals surface area contributed by atoms with E-state index in [1.807, 2.05) is 24.3 Å². The summed E-state index contributed by atoms with van der Waals surface area (Å²) in [6.07, 6.45) is 12.1. The number of pyridine rings is 1. The number of benzene rings is 2. The summed E-state index contributed by atoms with van der Waals surface area (Å²) in [5.41, 5.74) is 3.79. The van der Waals surface area contributed by atoms with Gasteiger partial charge in [-0.05, 0) is 36.8 Å². The molecule has 1 aromatic heterocycles. The summed E-state index contributed by atoms with van der Waals surface area (Å²) < 4.78 is 18.3. The maximum absolute atomic E-state index is 8.89. The fraction of sp³-hybridized carbons (Fsp3) is 0.472. The SMILES string of the molecule is OCCCCCCCCCCCOc1cc(C2=N[C@H](Cc3ccccc3)CO2)nc(C2=N[C@H](Cc3ccccc3)CO2)c1. The maximum atomic E-state index is 8.89. The third-order valence-electron chi connectivity index (χ3n) is 7.86. The first-order valence-electron chi connectivity index (χ1n) is 16.0. The molecule has 228 valence electrons. The average Bonchev–Trinajstić information content (AvgIpc) is 3.71. The molecule has 0 fully saturated rings. The molecule has 0 saturated heterocycles. The highest BCUT2D eigenvalue weighted by Gasteiger charge is 2.26. The predicted molar refractivity (Wildman–Crippen MR) is 171 cm³/mol. The summed E-state index contributed by atoms with van der Waals surface area (Å²) >= 11 is 0. The molecule has 0 unspecified atom stereocenters. The van der Waals surface area contributed by atoms with Crippen molar-refractivity contribution in [3.63, 3.8) is 0 Å². The summed E-state index contributed by atoms with van der Waals surface area (Å²) in [7, 11) is 0. The van der Waals surface area contributed by atoms with Crippen LogP contribution in [0.25, 0.3) is 0 Å². The van der Waals surface area contributed by atoms with Gasteiger partial charge in [-0.3, -0.25) is 0 Å². The van der Waals surface area contributed by atoms with Crippen molar-refractivity contribution in [2.24, 2.45) is 9.98 Å². The van der Waals surface area contributed by atoms with Crippen LogP contribution in [0.5, 0.6) is 5.75 Å². The van der Waals surface area contributed by atoms with Crippen LogP contribution in [0.15, 0.2) is 82.8 Å². The minimum Gasteiger partial charge on any atom is -0.493 e. The molecule has 7 nitrogen and oxygen atoms in total. The van der Waals surface area contributed by atoms with Crippen LogP contribution >= 0.6 is 0 Å². The van der Waals surface area contributed by atoms with E-state index in [0.717, 1.165) is 44.3 Å². The van der Waals surface area contributed by atoms with Gasteiger partial charge in [0.1, 0.15) is 30.4 Å². The lowest BCUT2D eigenvalue weighted by atomic mass is 10.1. The van der Waals surface area contributed by atoms with Gasteiger partial charge in [-0.2, -0.15) is 0 Å². The van der Waals surface area contributed by atoms with Crippen LogP contribution in [0.2, 0.25) is 0 Å². The lowest BCUT2D eigenvalue weighted by Gasteiger charge is -2.11. The number of hydrogen-bond donors (Lipinski definition) is 1. The number of aliphatic hydroxyl groups is 1. The lowest BCUT2D eigenvalue weighted by molar-refractivity contribution is 0.282. The number of aliphatic imine (C=N–C) groups is 2. The van der Waals surface area contributed by atoms with Crippen LogP contribution in [0, 0.1) is 0 Å². The Bertz CT molecular complexity index is 1230. The summed E-state index contributed by atoms with van der Waals surface area (Å²) in [4.78, 5) is 14.6. The summed E-state index contributed by atoms with van der Waals surface area (Å²) in [5.74, 6) is 1.83. The van der Waals surface area contributed by atoms with E-state index >= 15 is 0 Å². The van der Waals surface area contributed by atoms with Gasteiger partial charge in [0.2, 0.25) is 11.8 Å². The van der Waals surface area contributed by atoms with Crippen LogP contribution in [0.4, 0.5) is 0 Å². The molecular weight excluding hydrogens is 538 g/mol. The van der Waals surface area contributed by atoms with Crippen molar-refractivity contribution in [1.29, 1.82) is 0 Å². The van der Waals surface area contributed by atoms with Crippen LogP contribution in [0.3, 0.4) is 0 Å². The number of rotatable bonds is 18. The second kappa shape index (κ2) is 16.8. The van der Waals surface area contributed by atoms with Gasteiger partial charge in [-0.25, -0.2) is 15.0 Å². The number of nitrogens with zero attached hydrogens (tertiary/aromatic N) is 3. The molecule has 2 aromatic carbocycles. The van der Waals surface area contributed by atoms with Crippen molar-refractivity contribution >= 4 is 11.8 Å². The van der Waals surface area contributed by atoms with Gasteiger partial charge < -0.3 is 19.3 Å². The number of hydrogen-bond acceptors (Lipinski definition) is 7. The largest absolute Gasteiger partial charge is 0.493 e. The third kappa shape index (κ3) is 9.92. The lowest BCUT2D eigenvalue weighted by Crippen LogP contribution is -2.12. The Balaban J connectivity index is 1.21. The van der Waals surface area contributed by atoms with Crippen LogP contribution in [0.1, 0.15) is 80.3 Å². The molecule has 2 aliphatic rings. The standard InChI is InChI=1S/C36H45N3O4/c40-20-14-6-4-2-1-3-5-7-15-21-41-32-24-33(35-37-30(26-42-35)22-28-16-10-8-11-17-28)39-34(25-32)36-38-31(27-43-36)23-29-18-12-9-13-19-29/h8-13,16-19,24-25,30-31,40H,1-7,14-15,20-23,26-27H2/t30-,31-/m1/s1. The summed E-state index contributed by atoms with van der Waals surface area (Å²) in [5, 5.41) is 8.89. The second-order valence-electron chi connectivity index (χ2n) is 11.5. The van der Waals surface area contributed by atoms with E-state index in [4.69, 9.17) is 34.3 Å². The molecule has 1 N–H and O–H groups in total. The molecule has 5 rings (SSSR count). The van der Waals surface area contributed by atoms with Gasteiger partial charge in [0.25, 0.3) is 0 Å². The van der Waals surface area contributed by atoms with E-state index in [0.29, 0.717) is 49.6 Å². The van der Waals surface area contributed by atoms with Crippen molar-refractivity contribution in [1.82, 2.24) is 4.98 Å². The van der Waals surface area contributed by atoms with E-state index in [2.05, 4.69) is 48.5 Å². The Morgan fingerprint density at radius 2 is 1.09 bits per heavy atom. The highest BCUT2D eigenvalue weighted by atomic mass is 16.5. The molecule has 0 bridgehead atoms. The number of aliphatic hydroxyl groups excluding tert-OH is 1. The first-order chi connectivity index (χ1) is 21.3. The van der Waals surface area contributed by atoms with Crippen molar-refractivity contribution in [3.8, 4) is 5.75 Å². The van der Waals surface area contributed by atoms with E-state index < -0.39 is 0 Å². The molecule has 2 aliphatic heterocycles. The van der Waals surface area contributed by atoms with Crippen molar-refractivity contribution < 1.29 is 19.3 Å². The minimum atomic E-state index is 0.0530. The monoisotopic (exact) mass is 583 g/mol. The fourth-order valence-electron chi connectivity index (χ4n) is 5.54. The molecule has 3 heterocycles. The van der Waals surface area contributed by atoms with Gasteiger partial charge >= 0.3 is 0 Å². The van der Waals surface area contributed by atoms with Gasteiger partial charge in [0.15, 0.2) is 0 Å². The van der Waals surface area contributed by atoms with Crippen LogP contribution in [-0.2, 0) is 22.3 Å². The van der Waals surface area contributed by atoms with Gasteiger partial charge in [-0.1, -0.05) is 106 Å². The average molecular weight is 584 g/mol. The Kier molecular flexibility index (Phi) is 12.0. The quantitative estimate of drug-likeness (QED) is 0.168. The molecule has 7 heteroatoms. The van der Waals surface area contributed by atoms with Gasteiger partial charge in [-0.15, -0.1) is 0 Å². The molecular formula is C36H45N3O4. The number of aromatic nitrogens is 1. The smallest absolute Gasteiger partial charge is 0.235 e. The van der Waals surface area contributed by atoms with E-state index in [1.165, 1.54) is 43.2 Å². The topological polar surface area (TPSA) is 85.5 Å². The zero-order valence-corrected chi connectivity index (χ0v) is 25.2. The fourth-order valence-corrected chi connectivity index (χ4v) is 5.54. The van der Waals surface area contributed by atoms with E-state index in [9.17, 15) is 0 Å². The van der Waals surface area contributed by atoms with Gasteiger partial charge in [0, 0.05) is 18.7 Å². The third-order valence-corrected chi connectivity index (χ3v) is 7.86. The van der Waals surface area contributed by atoms with E-state index in [-0.39, 0.29) is 12.1 Å². The Morgan fingerprint density at radius 1 is 0.628 bits per heavy atom. The van der Waals surface area contributed by atoms with Crippen molar-refractivity contribution in [2.75, 3.05) is 26.4 Å². The zero-order chi connectivity index (χ0) is 29.5. The molecule has 3 aromatic rings. The van der Waals surface area contributed by atoms with Gasteiger partial charge in [0.05, 0.1) is 18.7 Å². The Morgan fingerprint density at radius 3 is 1.58 bits per heavy atom. The second-order valence-corrected chi connectivity index (χ2v) is 11.5. The normalized spacial score (nSPS) is 17.7. The zero-order valence-electron chi connectivity index (χ0n) is 25.2. The highest BCUT2D eigenvalue weighted by molar-refractivity contribution is 5.98. The molecule has 0 radical (unpaired) electrons. The Hall–Kier alpha value is -3.71. The molecule has 0 saturated carbocycles. The first kappa shape index (κ1) is 30.7. The highest BCUT2D eigenvalue weighted by Crippen LogP contribution is 2.23. The number of unbranched alkanes of at least 4 members (excludes halogenated alkanes) is 8. The van der Waals surface area contributed by atoms with Crippen LogP contribution < -0.4 is 4.74 Å². The molecule has 0 aliphatic carbocycles. The molecule has 2 atom stereocenters. The minimum absolute atomic E-state index is 0.0530. The maximum Gasteiger partial charge on any atom is 0.235 e. The Labute approximate surface area is 256 Å². The molecule has 0 spiro atoms. The molecule has 43 heavy (non-hydrogen) atoms. The first-order valence-corrected chi connectivity index (χ1v) is 16.0. The van der Waals surface area contributed by atoms with Crippen molar-refractivity contribution in [2.45, 2.75) is 82.7 Å². The summed E-state index contributed by atoms with van der Waals surface area (Å²) in [6, 6.07) is 24.7. The van der Waals surface area contributed by atoms with Crippen molar-refractivity contribution in [3.05, 3.63) is 95.3 Å².